The highest BCUT2D eigenvalue weighted by molar-refractivity contribution is 6.30. The van der Waals surface area contributed by atoms with Crippen LogP contribution in [0.15, 0.2) is 23.3 Å². The van der Waals surface area contributed by atoms with Crippen LogP contribution >= 0.6 is 11.6 Å². The van der Waals surface area contributed by atoms with Crippen molar-refractivity contribution >= 4 is 23.2 Å². The fourth-order valence-electron chi connectivity index (χ4n) is 1.54. The van der Waals surface area contributed by atoms with Gasteiger partial charge >= 0.3 is 0 Å². The molecule has 5 heteroatoms. The van der Waals surface area contributed by atoms with E-state index < -0.39 is 5.91 Å². The molecule has 1 aromatic carbocycles. The monoisotopic (exact) mass is 268 g/mol. The fourth-order valence-corrected chi connectivity index (χ4v) is 1.71. The largest absolute Gasteiger partial charge is 0.507 e. The van der Waals surface area contributed by atoms with Gasteiger partial charge < -0.3 is 5.11 Å². The summed E-state index contributed by atoms with van der Waals surface area (Å²) in [5.74, 6) is -0.126. The van der Waals surface area contributed by atoms with E-state index in [0.717, 1.165) is 12.1 Å². The number of phenolic OH excluding ortho intramolecular Hbond substituents is 1. The molecule has 0 aliphatic carbocycles. The van der Waals surface area contributed by atoms with Gasteiger partial charge in [0.25, 0.3) is 5.91 Å². The van der Waals surface area contributed by atoms with Crippen molar-refractivity contribution in [1.29, 1.82) is 0 Å². The van der Waals surface area contributed by atoms with E-state index in [9.17, 15) is 9.90 Å². The SMILES string of the molecule is CC(CC(C)C)=NNC(=O)c1ccc(Cl)cc1O. The minimum Gasteiger partial charge on any atom is -0.507 e. The second kappa shape index (κ2) is 6.40. The number of carbonyl (C=O) groups excluding carboxylic acids is 1. The molecule has 1 aromatic rings. The molecule has 0 aromatic heterocycles. The third kappa shape index (κ3) is 4.37. The van der Waals surface area contributed by atoms with Gasteiger partial charge in [0.1, 0.15) is 5.75 Å². The Morgan fingerprint density at radius 1 is 1.50 bits per heavy atom. The highest BCUT2D eigenvalue weighted by atomic mass is 35.5. The molecule has 0 heterocycles. The first kappa shape index (κ1) is 14.5. The maximum Gasteiger partial charge on any atom is 0.275 e. The van der Waals surface area contributed by atoms with Crippen LogP contribution in [0.5, 0.6) is 5.75 Å². The van der Waals surface area contributed by atoms with Crippen LogP contribution in [0.1, 0.15) is 37.6 Å². The van der Waals surface area contributed by atoms with Crippen LogP contribution in [0.4, 0.5) is 0 Å². The lowest BCUT2D eigenvalue weighted by atomic mass is 10.1. The third-order valence-electron chi connectivity index (χ3n) is 2.26. The minimum absolute atomic E-state index is 0.153. The summed E-state index contributed by atoms with van der Waals surface area (Å²) >= 11 is 5.69. The quantitative estimate of drug-likeness (QED) is 0.651. The molecule has 0 aliphatic rings. The van der Waals surface area contributed by atoms with Gasteiger partial charge in [0.15, 0.2) is 0 Å². The summed E-state index contributed by atoms with van der Waals surface area (Å²) < 4.78 is 0. The average molecular weight is 269 g/mol. The topological polar surface area (TPSA) is 61.7 Å². The number of nitrogens with one attached hydrogen (secondary N) is 1. The van der Waals surface area contributed by atoms with Gasteiger partial charge in [0.2, 0.25) is 0 Å². The number of nitrogens with zero attached hydrogens (tertiary/aromatic N) is 1. The van der Waals surface area contributed by atoms with Gasteiger partial charge in [-0.3, -0.25) is 4.79 Å². The number of hydrogen-bond donors (Lipinski definition) is 2. The van der Waals surface area contributed by atoms with Crippen molar-refractivity contribution in [3.05, 3.63) is 28.8 Å². The lowest BCUT2D eigenvalue weighted by molar-refractivity contribution is 0.0952. The van der Waals surface area contributed by atoms with E-state index >= 15 is 0 Å². The molecule has 0 saturated heterocycles. The first-order valence-corrected chi connectivity index (χ1v) is 6.10. The second-order valence-electron chi connectivity index (χ2n) is 4.55. The van der Waals surface area contributed by atoms with Crippen molar-refractivity contribution in [2.24, 2.45) is 11.0 Å². The van der Waals surface area contributed by atoms with E-state index in [0.29, 0.717) is 10.9 Å². The molecule has 0 aliphatic heterocycles. The van der Waals surface area contributed by atoms with Crippen molar-refractivity contribution < 1.29 is 9.90 Å². The summed E-state index contributed by atoms with van der Waals surface area (Å²) in [5, 5.41) is 13.9. The average Bonchev–Trinajstić information content (AvgIpc) is 2.25. The molecule has 0 fully saturated rings. The zero-order valence-electron chi connectivity index (χ0n) is 10.7. The van der Waals surface area contributed by atoms with Crippen molar-refractivity contribution in [3.63, 3.8) is 0 Å². The van der Waals surface area contributed by atoms with Gasteiger partial charge in [-0.25, -0.2) is 5.43 Å². The number of aromatic hydroxyl groups is 1. The predicted molar refractivity (Wildman–Crippen MR) is 73.1 cm³/mol. The number of hydrogen-bond acceptors (Lipinski definition) is 3. The molecule has 0 atom stereocenters. The Hall–Kier alpha value is -1.55. The number of benzene rings is 1. The fraction of sp³-hybridized carbons (Fsp3) is 0.385. The molecule has 0 spiro atoms. The lowest BCUT2D eigenvalue weighted by Crippen LogP contribution is -2.19. The minimum atomic E-state index is -0.452. The lowest BCUT2D eigenvalue weighted by Gasteiger charge is -2.06. The van der Waals surface area contributed by atoms with Crippen LogP contribution in [0, 0.1) is 5.92 Å². The number of hydrazone groups is 1. The van der Waals surface area contributed by atoms with E-state index in [1.807, 2.05) is 6.92 Å². The van der Waals surface area contributed by atoms with Gasteiger partial charge in [-0.1, -0.05) is 25.4 Å². The van der Waals surface area contributed by atoms with E-state index in [-0.39, 0.29) is 11.3 Å². The Labute approximate surface area is 112 Å². The van der Waals surface area contributed by atoms with Gasteiger partial charge in [0, 0.05) is 10.7 Å². The molecular formula is C13H17ClN2O2. The summed E-state index contributed by atoms with van der Waals surface area (Å²) in [6.45, 7) is 6.00. The smallest absolute Gasteiger partial charge is 0.275 e. The van der Waals surface area contributed by atoms with Crippen LogP contribution in [0.25, 0.3) is 0 Å². The summed E-state index contributed by atoms with van der Waals surface area (Å²) in [6.07, 6.45) is 0.812. The molecular weight excluding hydrogens is 252 g/mol. The molecule has 0 unspecified atom stereocenters. The molecule has 1 amide bonds. The zero-order valence-corrected chi connectivity index (χ0v) is 11.5. The van der Waals surface area contributed by atoms with E-state index in [4.69, 9.17) is 11.6 Å². The number of amides is 1. The standard InChI is InChI=1S/C13H17ClN2O2/c1-8(2)6-9(3)15-16-13(18)11-5-4-10(14)7-12(11)17/h4-5,7-8,17H,6H2,1-3H3,(H,16,18). The molecule has 0 saturated carbocycles. The Kier molecular flexibility index (Phi) is 5.16. The Morgan fingerprint density at radius 3 is 2.72 bits per heavy atom. The van der Waals surface area contributed by atoms with Crippen molar-refractivity contribution in [2.45, 2.75) is 27.2 Å². The highest BCUT2D eigenvalue weighted by Gasteiger charge is 2.10. The number of phenols is 1. The summed E-state index contributed by atoms with van der Waals surface area (Å²) in [7, 11) is 0. The van der Waals surface area contributed by atoms with Crippen LogP contribution in [0.2, 0.25) is 5.02 Å². The Bertz CT molecular complexity index is 470. The van der Waals surface area contributed by atoms with E-state index in [1.165, 1.54) is 12.1 Å². The summed E-state index contributed by atoms with van der Waals surface area (Å²) in [6, 6.07) is 4.32. The third-order valence-corrected chi connectivity index (χ3v) is 2.49. The summed E-state index contributed by atoms with van der Waals surface area (Å²) in [5.41, 5.74) is 3.40. The Balaban J connectivity index is 2.71. The second-order valence-corrected chi connectivity index (χ2v) is 4.98. The Morgan fingerprint density at radius 2 is 2.17 bits per heavy atom. The predicted octanol–water partition coefficient (Wildman–Crippen LogP) is 3.20. The molecule has 4 nitrogen and oxygen atoms in total. The highest BCUT2D eigenvalue weighted by Crippen LogP contribution is 2.21. The van der Waals surface area contributed by atoms with Gasteiger partial charge in [-0.2, -0.15) is 5.10 Å². The first-order valence-electron chi connectivity index (χ1n) is 5.72. The number of halogens is 1. The van der Waals surface area contributed by atoms with Gasteiger partial charge in [0.05, 0.1) is 5.56 Å². The molecule has 1 rings (SSSR count). The number of rotatable bonds is 4. The van der Waals surface area contributed by atoms with Crippen LogP contribution in [-0.2, 0) is 0 Å². The normalized spacial score (nSPS) is 11.7. The van der Waals surface area contributed by atoms with Crippen LogP contribution in [-0.4, -0.2) is 16.7 Å². The maximum atomic E-state index is 11.7. The van der Waals surface area contributed by atoms with Gasteiger partial charge in [-0.15, -0.1) is 0 Å². The first-order chi connectivity index (χ1) is 8.40. The van der Waals surface area contributed by atoms with Crippen LogP contribution in [0.3, 0.4) is 0 Å². The van der Waals surface area contributed by atoms with E-state index in [1.54, 1.807) is 6.07 Å². The molecule has 2 N–H and O–H groups in total. The number of carbonyl (C=O) groups is 1. The zero-order chi connectivity index (χ0) is 13.7. The molecule has 98 valence electrons. The maximum absolute atomic E-state index is 11.7. The van der Waals surface area contributed by atoms with Crippen molar-refractivity contribution in [3.8, 4) is 5.75 Å². The van der Waals surface area contributed by atoms with Crippen LogP contribution < -0.4 is 5.43 Å². The van der Waals surface area contributed by atoms with Gasteiger partial charge in [-0.05, 0) is 37.5 Å². The molecule has 0 radical (unpaired) electrons. The molecule has 18 heavy (non-hydrogen) atoms. The molecule has 0 bridgehead atoms. The summed E-state index contributed by atoms with van der Waals surface area (Å²) in [4.78, 5) is 11.7. The van der Waals surface area contributed by atoms with E-state index in [2.05, 4.69) is 24.4 Å². The van der Waals surface area contributed by atoms with Crippen molar-refractivity contribution in [2.75, 3.05) is 0 Å². The van der Waals surface area contributed by atoms with Crippen molar-refractivity contribution in [1.82, 2.24) is 5.43 Å².